The fraction of sp³-hybridized carbons (Fsp3) is 0.462. The van der Waals surface area contributed by atoms with E-state index in [1.165, 1.54) is 6.07 Å². The Labute approximate surface area is 210 Å². The van der Waals surface area contributed by atoms with Crippen molar-refractivity contribution >= 4 is 34.8 Å². The van der Waals surface area contributed by atoms with E-state index in [4.69, 9.17) is 11.6 Å². The van der Waals surface area contributed by atoms with Crippen molar-refractivity contribution in [2.75, 3.05) is 82.3 Å². The third kappa shape index (κ3) is 4.95. The van der Waals surface area contributed by atoms with Crippen molar-refractivity contribution < 1.29 is 14.0 Å². The molecule has 3 aliphatic rings. The summed E-state index contributed by atoms with van der Waals surface area (Å²) in [4.78, 5) is 36.6. The topological polar surface area (TPSA) is 50.3 Å². The summed E-state index contributed by atoms with van der Waals surface area (Å²) in [7, 11) is 2.06. The molecule has 3 aliphatic heterocycles. The molecule has 5 rings (SSSR count). The number of para-hydroxylation sites is 1. The summed E-state index contributed by atoms with van der Waals surface area (Å²) in [5.74, 6) is -0.455. The number of nitrogens with zero attached hydrogens (tertiary/aromatic N) is 5. The molecule has 2 aromatic carbocycles. The van der Waals surface area contributed by atoms with Gasteiger partial charge in [0.05, 0.1) is 18.2 Å². The minimum Gasteiger partial charge on any atom is -0.366 e. The number of halogens is 2. The van der Waals surface area contributed by atoms with Crippen LogP contribution >= 0.6 is 11.6 Å². The first-order valence-electron chi connectivity index (χ1n) is 12.2. The monoisotopic (exact) mass is 499 g/mol. The molecule has 0 bridgehead atoms. The highest BCUT2D eigenvalue weighted by Gasteiger charge is 2.38. The lowest BCUT2D eigenvalue weighted by Crippen LogP contribution is -2.51. The zero-order chi connectivity index (χ0) is 24.5. The van der Waals surface area contributed by atoms with Crippen LogP contribution in [0.3, 0.4) is 0 Å². The minimum atomic E-state index is -0.345. The predicted octanol–water partition coefficient (Wildman–Crippen LogP) is 2.51. The van der Waals surface area contributed by atoms with E-state index >= 15 is 0 Å². The average molecular weight is 500 g/mol. The standard InChI is InChI=1S/C26H31ClFN5O2/c1-29-8-10-31(11-9-29)25(34)18-33-17-21(20-7-6-19(27)16-24(20)33)26(35)32-14-12-30(13-15-32)23-5-3-2-4-22(23)28/h2-7,16,21H,8-15,17-18H2,1H3. The summed E-state index contributed by atoms with van der Waals surface area (Å²) in [6.45, 7) is 6.11. The van der Waals surface area contributed by atoms with Gasteiger partial charge < -0.3 is 24.5 Å². The first kappa shape index (κ1) is 23.9. The Kier molecular flexibility index (Phi) is 6.84. The molecule has 0 aliphatic carbocycles. The van der Waals surface area contributed by atoms with E-state index in [0.29, 0.717) is 43.4 Å². The molecule has 7 nitrogen and oxygen atoms in total. The molecule has 0 spiro atoms. The number of piperazine rings is 2. The molecule has 1 unspecified atom stereocenters. The summed E-state index contributed by atoms with van der Waals surface area (Å²) in [6.07, 6.45) is 0. The molecule has 2 aromatic rings. The van der Waals surface area contributed by atoms with Crippen LogP contribution in [0.5, 0.6) is 0 Å². The van der Waals surface area contributed by atoms with Crippen LogP contribution in [0, 0.1) is 5.82 Å². The Morgan fingerprint density at radius 3 is 2.31 bits per heavy atom. The number of hydrogen-bond acceptors (Lipinski definition) is 5. The van der Waals surface area contributed by atoms with Crippen LogP contribution in [0.4, 0.5) is 15.8 Å². The second kappa shape index (κ2) is 10.0. The predicted molar refractivity (Wildman–Crippen MR) is 136 cm³/mol. The number of hydrogen-bond donors (Lipinski definition) is 0. The van der Waals surface area contributed by atoms with Crippen LogP contribution in [-0.2, 0) is 9.59 Å². The van der Waals surface area contributed by atoms with Crippen molar-refractivity contribution in [3.05, 3.63) is 58.9 Å². The molecule has 2 fully saturated rings. The number of anilines is 2. The lowest BCUT2D eigenvalue weighted by atomic mass is 9.99. The van der Waals surface area contributed by atoms with E-state index < -0.39 is 0 Å². The summed E-state index contributed by atoms with van der Waals surface area (Å²) in [6, 6.07) is 12.3. The first-order valence-corrected chi connectivity index (χ1v) is 12.6. The molecular weight excluding hydrogens is 469 g/mol. The van der Waals surface area contributed by atoms with Crippen molar-refractivity contribution in [2.45, 2.75) is 5.92 Å². The number of amides is 2. The van der Waals surface area contributed by atoms with Gasteiger partial charge in [0.1, 0.15) is 5.82 Å². The third-order valence-corrected chi connectivity index (χ3v) is 7.61. The maximum atomic E-state index is 14.2. The fourth-order valence-electron chi connectivity index (χ4n) is 5.28. The number of fused-ring (bicyclic) bond motifs is 1. The van der Waals surface area contributed by atoms with Gasteiger partial charge >= 0.3 is 0 Å². The summed E-state index contributed by atoms with van der Waals surface area (Å²) < 4.78 is 14.2. The van der Waals surface area contributed by atoms with E-state index in [0.717, 1.165) is 37.4 Å². The Bertz CT molecular complexity index is 1100. The van der Waals surface area contributed by atoms with Crippen molar-refractivity contribution in [3.63, 3.8) is 0 Å². The van der Waals surface area contributed by atoms with E-state index in [-0.39, 0.29) is 30.1 Å². The van der Waals surface area contributed by atoms with Crippen LogP contribution < -0.4 is 9.80 Å². The molecule has 0 radical (unpaired) electrons. The molecular formula is C26H31ClFN5O2. The lowest BCUT2D eigenvalue weighted by Gasteiger charge is -2.37. The quantitative estimate of drug-likeness (QED) is 0.647. The van der Waals surface area contributed by atoms with Crippen molar-refractivity contribution in [1.29, 1.82) is 0 Å². The number of likely N-dealkylation sites (N-methyl/N-ethyl adjacent to an activating group) is 1. The molecule has 0 N–H and O–H groups in total. The van der Waals surface area contributed by atoms with Crippen molar-refractivity contribution in [1.82, 2.24) is 14.7 Å². The third-order valence-electron chi connectivity index (χ3n) is 7.38. The molecule has 2 saturated heterocycles. The van der Waals surface area contributed by atoms with Gasteiger partial charge in [-0.1, -0.05) is 29.8 Å². The molecule has 35 heavy (non-hydrogen) atoms. The second-order valence-corrected chi connectivity index (χ2v) is 10.0. The molecule has 3 heterocycles. The van der Waals surface area contributed by atoms with Gasteiger partial charge in [-0.3, -0.25) is 9.59 Å². The molecule has 2 amide bonds. The Balaban J connectivity index is 1.27. The number of carbonyl (C=O) groups excluding carboxylic acids is 2. The Hall–Kier alpha value is -2.84. The van der Waals surface area contributed by atoms with E-state index in [2.05, 4.69) is 11.9 Å². The Morgan fingerprint density at radius 1 is 0.914 bits per heavy atom. The molecule has 186 valence electrons. The van der Waals surface area contributed by atoms with E-state index in [1.807, 2.05) is 43.9 Å². The smallest absolute Gasteiger partial charge is 0.242 e. The summed E-state index contributed by atoms with van der Waals surface area (Å²) >= 11 is 6.29. The van der Waals surface area contributed by atoms with Gasteiger partial charge in [-0.2, -0.15) is 0 Å². The van der Waals surface area contributed by atoms with Crippen molar-refractivity contribution in [3.8, 4) is 0 Å². The van der Waals surface area contributed by atoms with Crippen LogP contribution in [0.1, 0.15) is 11.5 Å². The average Bonchev–Trinajstić information content (AvgIpc) is 3.21. The van der Waals surface area contributed by atoms with Gasteiger partial charge in [0.25, 0.3) is 0 Å². The molecule has 1 atom stereocenters. The zero-order valence-electron chi connectivity index (χ0n) is 20.0. The van der Waals surface area contributed by atoms with Gasteiger partial charge in [-0.05, 0) is 36.9 Å². The van der Waals surface area contributed by atoms with E-state index in [9.17, 15) is 14.0 Å². The van der Waals surface area contributed by atoms with Gasteiger partial charge in [0, 0.05) is 69.6 Å². The maximum absolute atomic E-state index is 14.2. The highest BCUT2D eigenvalue weighted by atomic mass is 35.5. The molecule has 0 saturated carbocycles. The van der Waals surface area contributed by atoms with Crippen LogP contribution in [-0.4, -0.2) is 99.0 Å². The highest BCUT2D eigenvalue weighted by molar-refractivity contribution is 6.31. The van der Waals surface area contributed by atoms with Crippen LogP contribution in [0.25, 0.3) is 0 Å². The van der Waals surface area contributed by atoms with Gasteiger partial charge in [0.15, 0.2) is 0 Å². The van der Waals surface area contributed by atoms with Crippen molar-refractivity contribution in [2.24, 2.45) is 0 Å². The lowest BCUT2D eigenvalue weighted by molar-refractivity contribution is -0.133. The fourth-order valence-corrected chi connectivity index (χ4v) is 5.45. The van der Waals surface area contributed by atoms with Gasteiger partial charge in [-0.25, -0.2) is 4.39 Å². The molecule has 0 aromatic heterocycles. The zero-order valence-corrected chi connectivity index (χ0v) is 20.8. The van der Waals surface area contributed by atoms with Gasteiger partial charge in [0.2, 0.25) is 11.8 Å². The summed E-state index contributed by atoms with van der Waals surface area (Å²) in [5, 5.41) is 0.590. The Morgan fingerprint density at radius 2 is 1.60 bits per heavy atom. The normalized spacial score (nSPS) is 20.8. The number of rotatable bonds is 4. The van der Waals surface area contributed by atoms with Gasteiger partial charge in [-0.15, -0.1) is 0 Å². The molecule has 9 heteroatoms. The highest BCUT2D eigenvalue weighted by Crippen LogP contribution is 2.39. The number of benzene rings is 2. The number of carbonyl (C=O) groups is 2. The largest absolute Gasteiger partial charge is 0.366 e. The SMILES string of the molecule is CN1CCN(C(=O)CN2CC(C(=O)N3CCN(c4ccccc4F)CC3)c3ccc(Cl)cc32)CC1. The minimum absolute atomic E-state index is 0.0521. The summed E-state index contributed by atoms with van der Waals surface area (Å²) in [5.41, 5.74) is 2.36. The maximum Gasteiger partial charge on any atom is 0.242 e. The van der Waals surface area contributed by atoms with Crippen LogP contribution in [0.2, 0.25) is 5.02 Å². The first-order chi connectivity index (χ1) is 16.9. The van der Waals surface area contributed by atoms with E-state index in [1.54, 1.807) is 12.1 Å². The second-order valence-electron chi connectivity index (χ2n) is 9.58. The van der Waals surface area contributed by atoms with Crippen LogP contribution in [0.15, 0.2) is 42.5 Å².